The minimum absolute atomic E-state index is 0.0304. The second-order valence-electron chi connectivity index (χ2n) is 5.53. The first kappa shape index (κ1) is 16.3. The van der Waals surface area contributed by atoms with Crippen molar-refractivity contribution >= 4 is 15.7 Å². The minimum atomic E-state index is -3.39. The third-order valence-electron chi connectivity index (χ3n) is 3.36. The number of anilines is 1. The number of nitrogens with zero attached hydrogens (tertiary/aromatic N) is 2. The highest BCUT2D eigenvalue weighted by atomic mass is 32.2. The summed E-state index contributed by atoms with van der Waals surface area (Å²) in [4.78, 5) is 0. The van der Waals surface area contributed by atoms with Gasteiger partial charge in [0, 0.05) is 6.20 Å². The summed E-state index contributed by atoms with van der Waals surface area (Å²) in [6, 6.07) is 0.341. The van der Waals surface area contributed by atoms with Gasteiger partial charge >= 0.3 is 0 Å². The standard InChI is InChI=1S/C13H24N4O3S/c1-11(2)20-7-8-21(18,19)16-12-9-15-17(10-12)13-3-5-14-6-4-13/h9-11,13-14,16H,3-8H2,1-2H3. The molecule has 1 saturated heterocycles. The van der Waals surface area contributed by atoms with Crippen molar-refractivity contribution in [3.8, 4) is 0 Å². The number of aromatic nitrogens is 2. The molecule has 0 aliphatic carbocycles. The van der Waals surface area contributed by atoms with Gasteiger partial charge in [0.15, 0.2) is 0 Å². The van der Waals surface area contributed by atoms with Crippen LogP contribution in [-0.4, -0.2) is 49.8 Å². The van der Waals surface area contributed by atoms with E-state index in [9.17, 15) is 8.42 Å². The van der Waals surface area contributed by atoms with Crippen LogP contribution in [0.2, 0.25) is 0 Å². The predicted molar refractivity (Wildman–Crippen MR) is 81.9 cm³/mol. The Morgan fingerprint density at radius 2 is 2.19 bits per heavy atom. The molecule has 0 amide bonds. The summed E-state index contributed by atoms with van der Waals surface area (Å²) < 4.78 is 33.5. The lowest BCUT2D eigenvalue weighted by atomic mass is 10.1. The first-order valence-electron chi connectivity index (χ1n) is 7.33. The van der Waals surface area contributed by atoms with E-state index in [2.05, 4.69) is 15.1 Å². The molecule has 2 heterocycles. The fourth-order valence-corrected chi connectivity index (χ4v) is 3.17. The normalized spacial score (nSPS) is 17.3. The maximum Gasteiger partial charge on any atom is 0.235 e. The summed E-state index contributed by atoms with van der Waals surface area (Å²) in [6.07, 6.45) is 5.37. The first-order chi connectivity index (χ1) is 9.96. The maximum absolute atomic E-state index is 11.9. The van der Waals surface area contributed by atoms with Gasteiger partial charge in [-0.3, -0.25) is 9.40 Å². The molecule has 1 aromatic rings. The van der Waals surface area contributed by atoms with Crippen molar-refractivity contribution in [3.63, 3.8) is 0 Å². The minimum Gasteiger partial charge on any atom is -0.378 e. The summed E-state index contributed by atoms with van der Waals surface area (Å²) in [6.45, 7) is 5.89. The van der Waals surface area contributed by atoms with Crippen LogP contribution in [0.4, 0.5) is 5.69 Å². The van der Waals surface area contributed by atoms with Gasteiger partial charge in [-0.05, 0) is 39.8 Å². The second-order valence-corrected chi connectivity index (χ2v) is 7.37. The molecule has 1 aliphatic rings. The second kappa shape index (κ2) is 7.24. The Bertz CT molecular complexity index is 535. The predicted octanol–water partition coefficient (Wildman–Crippen LogP) is 0.974. The lowest BCUT2D eigenvalue weighted by Gasteiger charge is -2.22. The average molecular weight is 316 g/mol. The van der Waals surface area contributed by atoms with Crippen LogP contribution in [0.15, 0.2) is 12.4 Å². The molecule has 8 heteroatoms. The number of piperidine rings is 1. The highest BCUT2D eigenvalue weighted by Crippen LogP contribution is 2.19. The van der Waals surface area contributed by atoms with Crippen LogP contribution in [0.5, 0.6) is 0 Å². The van der Waals surface area contributed by atoms with Gasteiger partial charge < -0.3 is 10.1 Å². The highest BCUT2D eigenvalue weighted by molar-refractivity contribution is 7.92. The van der Waals surface area contributed by atoms with Gasteiger partial charge in [-0.1, -0.05) is 0 Å². The number of hydrogen-bond donors (Lipinski definition) is 2. The topological polar surface area (TPSA) is 85.2 Å². The van der Waals surface area contributed by atoms with E-state index < -0.39 is 10.0 Å². The fourth-order valence-electron chi connectivity index (χ4n) is 2.29. The largest absolute Gasteiger partial charge is 0.378 e. The average Bonchev–Trinajstić information content (AvgIpc) is 2.86. The van der Waals surface area contributed by atoms with Crippen LogP contribution in [0.3, 0.4) is 0 Å². The van der Waals surface area contributed by atoms with Crippen molar-refractivity contribution in [2.45, 2.75) is 38.8 Å². The Morgan fingerprint density at radius 3 is 2.86 bits per heavy atom. The zero-order chi connectivity index (χ0) is 15.3. The van der Waals surface area contributed by atoms with E-state index in [0.717, 1.165) is 25.9 Å². The van der Waals surface area contributed by atoms with E-state index in [0.29, 0.717) is 11.7 Å². The van der Waals surface area contributed by atoms with Gasteiger partial charge in [0.05, 0.1) is 36.4 Å². The highest BCUT2D eigenvalue weighted by Gasteiger charge is 2.17. The molecule has 0 bridgehead atoms. The third kappa shape index (κ3) is 5.29. The molecule has 2 rings (SSSR count). The van der Waals surface area contributed by atoms with E-state index in [-0.39, 0.29) is 18.5 Å². The molecule has 0 unspecified atom stereocenters. The molecule has 0 spiro atoms. The molecule has 0 atom stereocenters. The molecule has 1 aliphatic heterocycles. The van der Waals surface area contributed by atoms with Crippen LogP contribution < -0.4 is 10.0 Å². The van der Waals surface area contributed by atoms with Crippen LogP contribution in [0.25, 0.3) is 0 Å². The molecule has 7 nitrogen and oxygen atoms in total. The SMILES string of the molecule is CC(C)OCCS(=O)(=O)Nc1cnn(C2CCNCC2)c1. The van der Waals surface area contributed by atoms with Crippen LogP contribution in [-0.2, 0) is 14.8 Å². The molecule has 2 N–H and O–H groups in total. The number of rotatable bonds is 7. The molecule has 0 aromatic carbocycles. The quantitative estimate of drug-likeness (QED) is 0.783. The van der Waals surface area contributed by atoms with E-state index in [1.165, 1.54) is 0 Å². The van der Waals surface area contributed by atoms with Crippen LogP contribution in [0, 0.1) is 0 Å². The number of hydrogen-bond acceptors (Lipinski definition) is 5. The van der Waals surface area contributed by atoms with Gasteiger partial charge in [-0.2, -0.15) is 5.10 Å². The first-order valence-corrected chi connectivity index (χ1v) is 8.98. The summed E-state index contributed by atoms with van der Waals surface area (Å²) >= 11 is 0. The number of ether oxygens (including phenoxy) is 1. The molecule has 1 aromatic heterocycles. The summed E-state index contributed by atoms with van der Waals surface area (Å²) in [5, 5.41) is 7.56. The third-order valence-corrected chi connectivity index (χ3v) is 4.61. The molecule has 1 fully saturated rings. The molecule has 120 valence electrons. The Morgan fingerprint density at radius 1 is 1.48 bits per heavy atom. The van der Waals surface area contributed by atoms with E-state index in [4.69, 9.17) is 4.74 Å². The fraction of sp³-hybridized carbons (Fsp3) is 0.769. The lowest BCUT2D eigenvalue weighted by Crippen LogP contribution is -2.29. The van der Waals surface area contributed by atoms with Gasteiger partial charge in [-0.25, -0.2) is 8.42 Å². The van der Waals surface area contributed by atoms with Gasteiger partial charge in [0.25, 0.3) is 0 Å². The Labute approximate surface area is 126 Å². The Hall–Kier alpha value is -1.12. The van der Waals surface area contributed by atoms with Crippen LogP contribution >= 0.6 is 0 Å². The summed E-state index contributed by atoms with van der Waals surface area (Å²) in [7, 11) is -3.39. The zero-order valence-corrected chi connectivity index (χ0v) is 13.4. The number of sulfonamides is 1. The Balaban J connectivity index is 1.89. The van der Waals surface area contributed by atoms with Gasteiger partial charge in [0.1, 0.15) is 0 Å². The maximum atomic E-state index is 11.9. The van der Waals surface area contributed by atoms with Crippen molar-refractivity contribution in [1.82, 2.24) is 15.1 Å². The molecular weight excluding hydrogens is 292 g/mol. The monoisotopic (exact) mass is 316 g/mol. The summed E-state index contributed by atoms with van der Waals surface area (Å²) in [5.41, 5.74) is 0.512. The molecule has 21 heavy (non-hydrogen) atoms. The zero-order valence-electron chi connectivity index (χ0n) is 12.6. The van der Waals surface area contributed by atoms with Crippen LogP contribution in [0.1, 0.15) is 32.7 Å². The number of nitrogens with one attached hydrogen (secondary N) is 2. The molecule has 0 saturated carbocycles. The Kier molecular flexibility index (Phi) is 5.60. The van der Waals surface area contributed by atoms with Gasteiger partial charge in [0.2, 0.25) is 10.0 Å². The van der Waals surface area contributed by atoms with E-state index in [1.54, 1.807) is 12.4 Å². The van der Waals surface area contributed by atoms with E-state index >= 15 is 0 Å². The van der Waals surface area contributed by atoms with E-state index in [1.807, 2.05) is 18.5 Å². The van der Waals surface area contributed by atoms with Crippen molar-refractivity contribution in [2.75, 3.05) is 30.2 Å². The van der Waals surface area contributed by atoms with Crippen molar-refractivity contribution < 1.29 is 13.2 Å². The smallest absolute Gasteiger partial charge is 0.235 e. The van der Waals surface area contributed by atoms with Crippen molar-refractivity contribution in [3.05, 3.63) is 12.4 Å². The molecule has 0 radical (unpaired) electrons. The van der Waals surface area contributed by atoms with Crippen molar-refractivity contribution in [2.24, 2.45) is 0 Å². The van der Waals surface area contributed by atoms with Crippen molar-refractivity contribution in [1.29, 1.82) is 0 Å². The lowest BCUT2D eigenvalue weighted by molar-refractivity contribution is 0.0913. The van der Waals surface area contributed by atoms with Gasteiger partial charge in [-0.15, -0.1) is 0 Å². The molecular formula is C13H24N4O3S. The summed E-state index contributed by atoms with van der Waals surface area (Å²) in [5.74, 6) is -0.0519.